The van der Waals surface area contributed by atoms with Gasteiger partial charge in [-0.1, -0.05) is 52.8 Å². The molecule has 2 atom stereocenters. The highest BCUT2D eigenvalue weighted by Crippen LogP contribution is 2.32. The molecule has 1 N–H and O–H groups in total. The number of nitrogens with one attached hydrogen (secondary N) is 1. The first kappa shape index (κ1) is 15.4. The molecule has 0 saturated heterocycles. The molecule has 1 aliphatic heterocycles. The first-order chi connectivity index (χ1) is 9.49. The van der Waals surface area contributed by atoms with Gasteiger partial charge in [0.2, 0.25) is 0 Å². The Balaban J connectivity index is 2.24. The lowest BCUT2D eigenvalue weighted by molar-refractivity contribution is 0.382. The number of hydrogen-bond donors (Lipinski definition) is 1. The number of para-hydroxylation sites is 1. The van der Waals surface area contributed by atoms with Crippen molar-refractivity contribution in [3.05, 3.63) is 29.8 Å². The van der Waals surface area contributed by atoms with Crippen LogP contribution in [0.1, 0.15) is 40.2 Å². The molecule has 2 rings (SSSR count). The van der Waals surface area contributed by atoms with Gasteiger partial charge >= 0.3 is 0 Å². The van der Waals surface area contributed by atoms with Crippen molar-refractivity contribution in [3.63, 3.8) is 0 Å². The molecule has 112 valence electrons. The van der Waals surface area contributed by atoms with Crippen LogP contribution < -0.4 is 10.2 Å². The molecule has 0 spiro atoms. The number of anilines is 1. The molecule has 2 unspecified atom stereocenters. The summed E-state index contributed by atoms with van der Waals surface area (Å²) >= 11 is 0. The minimum absolute atomic E-state index is 0.550. The Bertz CT molecular complexity index is 425. The van der Waals surface area contributed by atoms with Crippen molar-refractivity contribution in [2.45, 2.75) is 53.1 Å². The third kappa shape index (κ3) is 3.54. The normalized spacial score (nSPS) is 20.4. The predicted octanol–water partition coefficient (Wildman–Crippen LogP) is 3.71. The number of rotatable bonds is 5. The Morgan fingerprint density at radius 1 is 1.20 bits per heavy atom. The van der Waals surface area contributed by atoms with Gasteiger partial charge < -0.3 is 10.2 Å². The zero-order chi connectivity index (χ0) is 14.7. The first-order valence-electron chi connectivity index (χ1n) is 8.07. The lowest BCUT2D eigenvalue weighted by Crippen LogP contribution is -2.50. The number of hydrogen-bond acceptors (Lipinski definition) is 2. The lowest BCUT2D eigenvalue weighted by Gasteiger charge is -2.42. The largest absolute Gasteiger partial charge is 0.367 e. The van der Waals surface area contributed by atoms with Gasteiger partial charge in [-0.25, -0.2) is 0 Å². The van der Waals surface area contributed by atoms with Crippen LogP contribution in [0.25, 0.3) is 0 Å². The second kappa shape index (κ2) is 6.62. The molecule has 1 heterocycles. The molecule has 0 aromatic heterocycles. The van der Waals surface area contributed by atoms with Gasteiger partial charge in [-0.15, -0.1) is 0 Å². The van der Waals surface area contributed by atoms with E-state index in [0.29, 0.717) is 18.0 Å². The molecule has 0 aliphatic carbocycles. The molecule has 2 heteroatoms. The third-order valence-corrected chi connectivity index (χ3v) is 4.28. The van der Waals surface area contributed by atoms with Crippen LogP contribution in [0.4, 0.5) is 5.69 Å². The molecule has 0 fully saturated rings. The Morgan fingerprint density at radius 3 is 2.55 bits per heavy atom. The van der Waals surface area contributed by atoms with E-state index in [-0.39, 0.29) is 0 Å². The highest BCUT2D eigenvalue weighted by Gasteiger charge is 2.28. The van der Waals surface area contributed by atoms with Gasteiger partial charge in [0.15, 0.2) is 0 Å². The summed E-state index contributed by atoms with van der Waals surface area (Å²) in [5, 5.41) is 3.63. The first-order valence-corrected chi connectivity index (χ1v) is 8.07. The molecular formula is C18H30N2. The van der Waals surface area contributed by atoms with Crippen molar-refractivity contribution >= 4 is 5.69 Å². The maximum absolute atomic E-state index is 3.63. The standard InChI is InChI=1S/C18H30N2/c1-13(2)18(11-19-14(3)4)20-12-15(5)10-16-8-6-7-9-17(16)20/h6-9,13-15,18-19H,10-12H2,1-5H3. The molecular weight excluding hydrogens is 244 g/mol. The fourth-order valence-electron chi connectivity index (χ4n) is 3.21. The van der Waals surface area contributed by atoms with E-state index in [2.05, 4.69) is 69.1 Å². The molecule has 2 nitrogen and oxygen atoms in total. The van der Waals surface area contributed by atoms with E-state index in [1.165, 1.54) is 24.2 Å². The van der Waals surface area contributed by atoms with E-state index in [4.69, 9.17) is 0 Å². The zero-order valence-corrected chi connectivity index (χ0v) is 13.7. The number of nitrogens with zero attached hydrogens (tertiary/aromatic N) is 1. The summed E-state index contributed by atoms with van der Waals surface area (Å²) in [6.45, 7) is 13.8. The van der Waals surface area contributed by atoms with Gasteiger partial charge in [-0.3, -0.25) is 0 Å². The van der Waals surface area contributed by atoms with Crippen molar-refractivity contribution in [2.75, 3.05) is 18.0 Å². The van der Waals surface area contributed by atoms with E-state index in [1.807, 2.05) is 0 Å². The van der Waals surface area contributed by atoms with Gasteiger partial charge in [-0.05, 0) is 29.9 Å². The van der Waals surface area contributed by atoms with Crippen LogP contribution in [-0.4, -0.2) is 25.2 Å². The quantitative estimate of drug-likeness (QED) is 0.880. The average molecular weight is 274 g/mol. The maximum Gasteiger partial charge on any atom is 0.0437 e. The van der Waals surface area contributed by atoms with Crippen molar-refractivity contribution in [2.24, 2.45) is 11.8 Å². The fraction of sp³-hybridized carbons (Fsp3) is 0.667. The van der Waals surface area contributed by atoms with Gasteiger partial charge in [-0.2, -0.15) is 0 Å². The summed E-state index contributed by atoms with van der Waals surface area (Å²) in [7, 11) is 0. The Morgan fingerprint density at radius 2 is 1.90 bits per heavy atom. The smallest absolute Gasteiger partial charge is 0.0437 e. The summed E-state index contributed by atoms with van der Waals surface area (Å²) in [5.74, 6) is 1.39. The second-order valence-electron chi connectivity index (χ2n) is 6.96. The molecule has 0 amide bonds. The number of fused-ring (bicyclic) bond motifs is 1. The molecule has 1 aromatic rings. The van der Waals surface area contributed by atoms with Gasteiger partial charge in [0.1, 0.15) is 0 Å². The monoisotopic (exact) mass is 274 g/mol. The van der Waals surface area contributed by atoms with Crippen molar-refractivity contribution in [1.29, 1.82) is 0 Å². The summed E-state index contributed by atoms with van der Waals surface area (Å²) in [5.41, 5.74) is 2.97. The topological polar surface area (TPSA) is 15.3 Å². The van der Waals surface area contributed by atoms with E-state index in [1.54, 1.807) is 0 Å². The molecule has 0 bridgehead atoms. The van der Waals surface area contributed by atoms with Crippen LogP contribution in [0.15, 0.2) is 24.3 Å². The van der Waals surface area contributed by atoms with Crippen molar-refractivity contribution < 1.29 is 0 Å². The SMILES string of the molecule is CC1Cc2ccccc2N(C(CNC(C)C)C(C)C)C1. The van der Waals surface area contributed by atoms with Gasteiger partial charge in [0.05, 0.1) is 0 Å². The second-order valence-corrected chi connectivity index (χ2v) is 6.96. The summed E-state index contributed by atoms with van der Waals surface area (Å²) in [4.78, 5) is 2.64. The van der Waals surface area contributed by atoms with Crippen LogP contribution in [0, 0.1) is 11.8 Å². The Hall–Kier alpha value is -1.02. The van der Waals surface area contributed by atoms with E-state index < -0.39 is 0 Å². The summed E-state index contributed by atoms with van der Waals surface area (Å²) in [6.07, 6.45) is 1.22. The Labute approximate surface area is 124 Å². The minimum atomic E-state index is 0.550. The summed E-state index contributed by atoms with van der Waals surface area (Å²) < 4.78 is 0. The van der Waals surface area contributed by atoms with Gasteiger partial charge in [0, 0.05) is 30.9 Å². The van der Waals surface area contributed by atoms with Crippen molar-refractivity contribution in [1.82, 2.24) is 5.32 Å². The molecule has 0 radical (unpaired) electrons. The minimum Gasteiger partial charge on any atom is -0.367 e. The zero-order valence-electron chi connectivity index (χ0n) is 13.7. The Kier molecular flexibility index (Phi) is 5.09. The molecule has 1 aromatic carbocycles. The predicted molar refractivity (Wildman–Crippen MR) is 88.4 cm³/mol. The average Bonchev–Trinajstić information content (AvgIpc) is 2.37. The maximum atomic E-state index is 3.63. The highest BCUT2D eigenvalue weighted by atomic mass is 15.2. The molecule has 1 aliphatic rings. The van der Waals surface area contributed by atoms with Crippen LogP contribution in [0.5, 0.6) is 0 Å². The van der Waals surface area contributed by atoms with Crippen LogP contribution in [0.2, 0.25) is 0 Å². The van der Waals surface area contributed by atoms with Crippen molar-refractivity contribution in [3.8, 4) is 0 Å². The summed E-state index contributed by atoms with van der Waals surface area (Å²) in [6, 6.07) is 10.1. The fourth-order valence-corrected chi connectivity index (χ4v) is 3.21. The third-order valence-electron chi connectivity index (χ3n) is 4.28. The van der Waals surface area contributed by atoms with Crippen LogP contribution in [0.3, 0.4) is 0 Å². The number of benzene rings is 1. The van der Waals surface area contributed by atoms with Crippen LogP contribution in [-0.2, 0) is 6.42 Å². The highest BCUT2D eigenvalue weighted by molar-refractivity contribution is 5.56. The molecule has 20 heavy (non-hydrogen) atoms. The van der Waals surface area contributed by atoms with Crippen LogP contribution >= 0.6 is 0 Å². The van der Waals surface area contributed by atoms with Gasteiger partial charge in [0.25, 0.3) is 0 Å². The lowest BCUT2D eigenvalue weighted by atomic mass is 9.90. The molecule has 0 saturated carbocycles. The van der Waals surface area contributed by atoms with E-state index in [9.17, 15) is 0 Å². The van der Waals surface area contributed by atoms with E-state index in [0.717, 1.165) is 12.5 Å². The van der Waals surface area contributed by atoms with E-state index >= 15 is 0 Å².